The molecule has 0 radical (unpaired) electrons. The van der Waals surface area contributed by atoms with Gasteiger partial charge in [-0.1, -0.05) is 54.4 Å². The van der Waals surface area contributed by atoms with Crippen LogP contribution in [0.3, 0.4) is 0 Å². The predicted molar refractivity (Wildman–Crippen MR) is 155 cm³/mol. The van der Waals surface area contributed by atoms with Crippen molar-refractivity contribution in [2.45, 2.75) is 103 Å². The molecule has 0 saturated heterocycles. The van der Waals surface area contributed by atoms with Crippen LogP contribution in [0.2, 0.25) is 0 Å². The van der Waals surface area contributed by atoms with E-state index in [0.717, 1.165) is 11.1 Å². The Hall–Kier alpha value is -2.91. The number of carbonyl (C=O) groups excluding carboxylic acids is 2. The van der Waals surface area contributed by atoms with Crippen LogP contribution in [-0.2, 0) is 35.1 Å². The first kappa shape index (κ1) is 33.3. The van der Waals surface area contributed by atoms with Crippen LogP contribution in [0.5, 0.6) is 0 Å². The maximum atomic E-state index is 13.1. The second kappa shape index (κ2) is 14.1. The Morgan fingerprint density at radius 2 is 1.43 bits per heavy atom. The highest BCUT2D eigenvalue weighted by Crippen LogP contribution is 2.25. The summed E-state index contributed by atoms with van der Waals surface area (Å²) in [5.74, 6) is -1.34. The van der Waals surface area contributed by atoms with Crippen LogP contribution in [-0.4, -0.2) is 49.2 Å². The number of esters is 1. The lowest BCUT2D eigenvalue weighted by atomic mass is 9.96. The van der Waals surface area contributed by atoms with Gasteiger partial charge in [-0.3, -0.25) is 8.98 Å². The number of unbranched alkanes of at least 4 members (excludes halogenated alkanes) is 1. The maximum Gasteiger partial charge on any atom is 0.410 e. The molecule has 222 valence electrons. The molecule has 0 bridgehead atoms. The topological polar surface area (TPSA) is 99.2 Å². The minimum Gasteiger partial charge on any atom is -0.460 e. The van der Waals surface area contributed by atoms with Gasteiger partial charge in [0.25, 0.3) is 10.1 Å². The van der Waals surface area contributed by atoms with Gasteiger partial charge in [-0.05, 0) is 85.9 Å². The number of hydrogen-bond donors (Lipinski definition) is 0. The largest absolute Gasteiger partial charge is 0.460 e. The molecule has 2 aromatic rings. The molecular weight excluding hydrogens is 530 g/mol. The Kier molecular flexibility index (Phi) is 11.8. The Balaban J connectivity index is 2.12. The third-order valence-corrected chi connectivity index (χ3v) is 7.33. The van der Waals surface area contributed by atoms with Crippen LogP contribution in [0.15, 0.2) is 59.5 Å². The summed E-state index contributed by atoms with van der Waals surface area (Å²) in [4.78, 5) is 27.7. The summed E-state index contributed by atoms with van der Waals surface area (Å²) >= 11 is 0. The van der Waals surface area contributed by atoms with E-state index in [1.807, 2.05) is 58.0 Å². The highest BCUT2D eigenvalue weighted by molar-refractivity contribution is 7.86. The quantitative estimate of drug-likeness (QED) is 0.159. The molecule has 2 rings (SSSR count). The molecule has 0 fully saturated rings. The molecule has 0 spiro atoms. The van der Waals surface area contributed by atoms with E-state index in [9.17, 15) is 18.0 Å². The number of amides is 1. The van der Waals surface area contributed by atoms with Crippen molar-refractivity contribution in [3.05, 3.63) is 65.7 Å². The zero-order chi connectivity index (χ0) is 30.1. The summed E-state index contributed by atoms with van der Waals surface area (Å²) in [5.41, 5.74) is 0.520. The van der Waals surface area contributed by atoms with Crippen LogP contribution >= 0.6 is 0 Å². The van der Waals surface area contributed by atoms with Gasteiger partial charge in [0.05, 0.1) is 16.9 Å². The lowest BCUT2D eigenvalue weighted by Gasteiger charge is -2.29. The number of nitrogens with zero attached hydrogens (tertiary/aromatic N) is 1. The number of hydrogen-bond acceptors (Lipinski definition) is 7. The molecule has 9 heteroatoms. The highest BCUT2D eigenvalue weighted by Gasteiger charge is 2.33. The third-order valence-electron chi connectivity index (χ3n) is 5.93. The summed E-state index contributed by atoms with van der Waals surface area (Å²) in [5, 5.41) is 0. The zero-order valence-corrected chi connectivity index (χ0v) is 25.9. The first-order valence-corrected chi connectivity index (χ1v) is 15.1. The minimum absolute atomic E-state index is 0.0294. The van der Waals surface area contributed by atoms with E-state index in [0.29, 0.717) is 32.4 Å². The first-order chi connectivity index (χ1) is 18.5. The van der Waals surface area contributed by atoms with Gasteiger partial charge < -0.3 is 14.4 Å². The van der Waals surface area contributed by atoms with E-state index in [1.54, 1.807) is 44.7 Å². The summed E-state index contributed by atoms with van der Waals surface area (Å²) < 4.78 is 42.6. The molecule has 8 nitrogen and oxygen atoms in total. The molecular formula is C31H45NO7S. The van der Waals surface area contributed by atoms with E-state index in [1.165, 1.54) is 12.1 Å². The van der Waals surface area contributed by atoms with Gasteiger partial charge in [0.1, 0.15) is 11.2 Å². The Morgan fingerprint density at radius 1 is 0.850 bits per heavy atom. The highest BCUT2D eigenvalue weighted by atomic mass is 32.2. The average molecular weight is 576 g/mol. The second-order valence-electron chi connectivity index (χ2n) is 12.1. The average Bonchev–Trinajstić information content (AvgIpc) is 2.81. The Bertz CT molecular complexity index is 1200. The smallest absolute Gasteiger partial charge is 0.410 e. The maximum absolute atomic E-state index is 13.1. The third kappa shape index (κ3) is 11.7. The summed E-state index contributed by atoms with van der Waals surface area (Å²) in [6, 6.07) is 16.0. The van der Waals surface area contributed by atoms with Gasteiger partial charge in [0.15, 0.2) is 0 Å². The van der Waals surface area contributed by atoms with Crippen LogP contribution in [0.1, 0.15) is 78.9 Å². The van der Waals surface area contributed by atoms with Crippen LogP contribution in [0, 0.1) is 12.8 Å². The molecule has 0 aromatic heterocycles. The van der Waals surface area contributed by atoms with Crippen molar-refractivity contribution < 1.29 is 31.7 Å². The molecule has 0 aliphatic heterocycles. The lowest BCUT2D eigenvalue weighted by molar-refractivity contribution is -0.163. The van der Waals surface area contributed by atoms with E-state index in [-0.39, 0.29) is 4.90 Å². The molecule has 0 heterocycles. The number of ether oxygens (including phenoxy) is 2. The van der Waals surface area contributed by atoms with E-state index in [2.05, 4.69) is 0 Å². The number of rotatable bonds is 12. The molecule has 0 aliphatic rings. The van der Waals surface area contributed by atoms with E-state index in [4.69, 9.17) is 13.7 Å². The van der Waals surface area contributed by atoms with E-state index >= 15 is 0 Å². The Labute approximate surface area is 240 Å². The van der Waals surface area contributed by atoms with Crippen molar-refractivity contribution in [3.63, 3.8) is 0 Å². The molecule has 0 aliphatic carbocycles. The van der Waals surface area contributed by atoms with Crippen LogP contribution < -0.4 is 0 Å². The number of benzene rings is 2. The van der Waals surface area contributed by atoms with Crippen molar-refractivity contribution in [2.75, 3.05) is 6.54 Å². The van der Waals surface area contributed by atoms with Crippen molar-refractivity contribution in [1.29, 1.82) is 0 Å². The van der Waals surface area contributed by atoms with Gasteiger partial charge in [-0.15, -0.1) is 0 Å². The summed E-state index contributed by atoms with van der Waals surface area (Å²) in [6.45, 7) is 15.0. The monoisotopic (exact) mass is 575 g/mol. The molecule has 40 heavy (non-hydrogen) atoms. The Morgan fingerprint density at radius 3 is 1.98 bits per heavy atom. The fourth-order valence-electron chi connectivity index (χ4n) is 3.98. The van der Waals surface area contributed by atoms with Crippen LogP contribution in [0.4, 0.5) is 4.79 Å². The van der Waals surface area contributed by atoms with Crippen molar-refractivity contribution in [2.24, 2.45) is 5.92 Å². The van der Waals surface area contributed by atoms with Crippen molar-refractivity contribution >= 4 is 22.2 Å². The molecule has 2 unspecified atom stereocenters. The predicted octanol–water partition coefficient (Wildman–Crippen LogP) is 6.65. The SMILES string of the molecule is Cc1ccc(S(=O)(=O)OC(C)C(CCCCN(Cc2ccccc2)C(=O)OC(C)(C)C)C(=O)OC(C)(C)C)cc1. The van der Waals surface area contributed by atoms with E-state index < -0.39 is 45.4 Å². The summed E-state index contributed by atoms with van der Waals surface area (Å²) in [6.07, 6.45) is 0.0693. The number of aryl methyl sites for hydroxylation is 1. The zero-order valence-electron chi connectivity index (χ0n) is 25.1. The molecule has 0 saturated carbocycles. The normalized spacial score (nSPS) is 13.8. The lowest BCUT2D eigenvalue weighted by Crippen LogP contribution is -2.37. The van der Waals surface area contributed by atoms with Gasteiger partial charge in [0.2, 0.25) is 0 Å². The van der Waals surface area contributed by atoms with Gasteiger partial charge in [-0.2, -0.15) is 8.42 Å². The number of carbonyl (C=O) groups is 2. The van der Waals surface area contributed by atoms with Crippen LogP contribution in [0.25, 0.3) is 0 Å². The summed E-state index contributed by atoms with van der Waals surface area (Å²) in [7, 11) is -4.08. The standard InChI is InChI=1S/C31H45NO7S/c1-23-17-19-26(20-18-23)40(35,36)39-24(2)27(28(33)37-30(3,4)5)16-12-13-21-32(29(34)38-31(6,7)8)22-25-14-10-9-11-15-25/h9-11,14-15,17-20,24,27H,12-13,16,21-22H2,1-8H3. The molecule has 2 atom stereocenters. The molecule has 0 N–H and O–H groups in total. The molecule has 1 amide bonds. The fraction of sp³-hybridized carbons (Fsp3) is 0.548. The van der Waals surface area contributed by atoms with Gasteiger partial charge in [0, 0.05) is 13.1 Å². The second-order valence-corrected chi connectivity index (χ2v) is 13.7. The van der Waals surface area contributed by atoms with Gasteiger partial charge >= 0.3 is 12.1 Å². The van der Waals surface area contributed by atoms with Crippen molar-refractivity contribution in [3.8, 4) is 0 Å². The van der Waals surface area contributed by atoms with Gasteiger partial charge in [-0.25, -0.2) is 4.79 Å². The minimum atomic E-state index is -4.08. The fourth-order valence-corrected chi connectivity index (χ4v) is 5.10. The van der Waals surface area contributed by atoms with Crippen molar-refractivity contribution in [1.82, 2.24) is 4.90 Å². The molecule has 2 aromatic carbocycles. The first-order valence-electron chi connectivity index (χ1n) is 13.7.